The molecular weight excluding hydrogens is 419 g/mol. The van der Waals surface area contributed by atoms with Crippen molar-refractivity contribution in [1.29, 1.82) is 0 Å². The minimum Gasteiger partial charge on any atom is -0.497 e. The highest BCUT2D eigenvalue weighted by Gasteiger charge is 2.38. The number of hydrogen-bond donors (Lipinski definition) is 1. The number of anilines is 1. The van der Waals surface area contributed by atoms with Gasteiger partial charge in [-0.15, -0.1) is 0 Å². The maximum Gasteiger partial charge on any atom is 0.423 e. The Balaban J connectivity index is 2.15. The highest BCUT2D eigenvalue weighted by atomic mass is 19.4. The number of nitrogens with zero attached hydrogens (tertiary/aromatic N) is 2. The fourth-order valence-electron chi connectivity index (χ4n) is 2.71. The van der Waals surface area contributed by atoms with Gasteiger partial charge in [-0.25, -0.2) is 4.68 Å². The van der Waals surface area contributed by atoms with Gasteiger partial charge in [-0.3, -0.25) is 9.59 Å². The predicted molar refractivity (Wildman–Crippen MR) is 106 cm³/mol. The standard InChI is InChI=1S/C20H24F3N3O5/c1-13(12-31-9-8-17(27)30-3)25-16-10-24-26(19(28)18(16)20(21,22)23)11-14-4-6-15(29-2)7-5-14/h4-7,10,13,25H,8-9,11-12H2,1-3H3/t13-/m0/s1. The van der Waals surface area contributed by atoms with Gasteiger partial charge < -0.3 is 19.5 Å². The number of halogens is 3. The molecule has 8 nitrogen and oxygen atoms in total. The average Bonchev–Trinajstić information content (AvgIpc) is 2.72. The number of esters is 1. The molecule has 0 aliphatic heterocycles. The van der Waals surface area contributed by atoms with Gasteiger partial charge in [-0.1, -0.05) is 12.1 Å². The zero-order chi connectivity index (χ0) is 23.0. The summed E-state index contributed by atoms with van der Waals surface area (Å²) in [5.41, 5.74) is -2.44. The molecule has 0 aliphatic rings. The van der Waals surface area contributed by atoms with E-state index in [9.17, 15) is 22.8 Å². The molecular formula is C20H24F3N3O5. The summed E-state index contributed by atoms with van der Waals surface area (Å²) in [5, 5.41) is 6.50. The van der Waals surface area contributed by atoms with Crippen LogP contribution in [0, 0.1) is 0 Å². The number of nitrogens with one attached hydrogen (secondary N) is 1. The van der Waals surface area contributed by atoms with Gasteiger partial charge in [0.1, 0.15) is 11.3 Å². The van der Waals surface area contributed by atoms with Crippen LogP contribution in [-0.4, -0.2) is 49.2 Å². The third-order valence-electron chi connectivity index (χ3n) is 4.27. The first-order valence-electron chi connectivity index (χ1n) is 9.37. The Morgan fingerprint density at radius 3 is 2.48 bits per heavy atom. The summed E-state index contributed by atoms with van der Waals surface area (Å²) in [6, 6.07) is 5.99. The fraction of sp³-hybridized carbons (Fsp3) is 0.450. The first-order valence-corrected chi connectivity index (χ1v) is 9.37. The summed E-state index contributed by atoms with van der Waals surface area (Å²) >= 11 is 0. The molecule has 0 saturated carbocycles. The van der Waals surface area contributed by atoms with E-state index in [1.165, 1.54) is 14.2 Å². The van der Waals surface area contributed by atoms with Crippen molar-refractivity contribution in [3.63, 3.8) is 0 Å². The summed E-state index contributed by atoms with van der Waals surface area (Å²) in [6.07, 6.45) is -3.88. The second-order valence-electron chi connectivity index (χ2n) is 6.69. The Labute approximate surface area is 176 Å². The number of benzene rings is 1. The Kier molecular flexibility index (Phi) is 8.43. The molecule has 1 N–H and O–H groups in total. The van der Waals surface area contributed by atoms with E-state index < -0.39 is 35.0 Å². The number of carbonyl (C=O) groups is 1. The Morgan fingerprint density at radius 1 is 1.23 bits per heavy atom. The SMILES string of the molecule is COC(=O)CCOC[C@H](C)Nc1cnn(Cc2ccc(OC)cc2)c(=O)c1C(F)(F)F. The topological polar surface area (TPSA) is 91.7 Å². The number of rotatable bonds is 10. The summed E-state index contributed by atoms with van der Waals surface area (Å²) in [4.78, 5) is 23.6. The number of carbonyl (C=O) groups excluding carboxylic acids is 1. The molecule has 1 heterocycles. The van der Waals surface area contributed by atoms with Gasteiger partial charge in [0.2, 0.25) is 0 Å². The first kappa shape index (κ1) is 24.2. The van der Waals surface area contributed by atoms with Crippen molar-refractivity contribution in [3.05, 3.63) is 51.9 Å². The van der Waals surface area contributed by atoms with Crippen molar-refractivity contribution < 1.29 is 32.2 Å². The Bertz CT molecular complexity index is 929. The van der Waals surface area contributed by atoms with Gasteiger partial charge >= 0.3 is 12.1 Å². The molecule has 1 aromatic carbocycles. The lowest BCUT2D eigenvalue weighted by atomic mass is 10.2. The maximum atomic E-state index is 13.6. The Morgan fingerprint density at radius 2 is 1.90 bits per heavy atom. The summed E-state index contributed by atoms with van der Waals surface area (Å²) < 4.78 is 56.4. The molecule has 0 fully saturated rings. The average molecular weight is 443 g/mol. The van der Waals surface area contributed by atoms with Crippen LogP contribution in [0.5, 0.6) is 5.75 Å². The summed E-state index contributed by atoms with van der Waals surface area (Å²) in [6.45, 7) is 1.54. The van der Waals surface area contributed by atoms with E-state index in [-0.39, 0.29) is 26.2 Å². The first-order chi connectivity index (χ1) is 14.7. The number of alkyl halides is 3. The Hall–Kier alpha value is -3.08. The largest absolute Gasteiger partial charge is 0.497 e. The molecule has 0 spiro atoms. The van der Waals surface area contributed by atoms with E-state index in [1.807, 2.05) is 0 Å². The highest BCUT2D eigenvalue weighted by molar-refractivity contribution is 5.69. The van der Waals surface area contributed by atoms with Crippen molar-refractivity contribution in [1.82, 2.24) is 9.78 Å². The van der Waals surface area contributed by atoms with Crippen LogP contribution in [0.15, 0.2) is 35.3 Å². The highest BCUT2D eigenvalue weighted by Crippen LogP contribution is 2.32. The van der Waals surface area contributed by atoms with Crippen LogP contribution in [0.3, 0.4) is 0 Å². The van der Waals surface area contributed by atoms with Gasteiger partial charge in [0.05, 0.1) is 52.3 Å². The molecule has 170 valence electrons. The zero-order valence-electron chi connectivity index (χ0n) is 17.4. The zero-order valence-corrected chi connectivity index (χ0v) is 17.4. The minimum absolute atomic E-state index is 0.0171. The van der Waals surface area contributed by atoms with Crippen molar-refractivity contribution in [3.8, 4) is 5.75 Å². The molecule has 0 unspecified atom stereocenters. The second-order valence-corrected chi connectivity index (χ2v) is 6.69. The van der Waals surface area contributed by atoms with E-state index in [0.29, 0.717) is 11.3 Å². The molecule has 2 aromatic rings. The van der Waals surface area contributed by atoms with Crippen LogP contribution in [-0.2, 0) is 27.0 Å². The number of hydrogen-bond acceptors (Lipinski definition) is 7. The molecule has 0 aliphatic carbocycles. The van der Waals surface area contributed by atoms with Gasteiger partial charge in [-0.05, 0) is 24.6 Å². The smallest absolute Gasteiger partial charge is 0.423 e. The van der Waals surface area contributed by atoms with Gasteiger partial charge in [-0.2, -0.15) is 18.3 Å². The lowest BCUT2D eigenvalue weighted by molar-refractivity contribution is -0.142. The number of methoxy groups -OCH3 is 2. The van der Waals surface area contributed by atoms with Crippen LogP contribution in [0.4, 0.5) is 18.9 Å². The molecule has 0 amide bonds. The molecule has 0 radical (unpaired) electrons. The molecule has 1 atom stereocenters. The van der Waals surface area contributed by atoms with Gasteiger partial charge in [0.15, 0.2) is 0 Å². The monoisotopic (exact) mass is 443 g/mol. The third-order valence-corrected chi connectivity index (χ3v) is 4.27. The van der Waals surface area contributed by atoms with Crippen LogP contribution in [0.1, 0.15) is 24.5 Å². The number of aromatic nitrogens is 2. The summed E-state index contributed by atoms with van der Waals surface area (Å²) in [5.74, 6) is 0.131. The normalized spacial score (nSPS) is 12.3. The van der Waals surface area contributed by atoms with E-state index in [0.717, 1.165) is 10.9 Å². The van der Waals surface area contributed by atoms with Crippen LogP contribution in [0.2, 0.25) is 0 Å². The van der Waals surface area contributed by atoms with Gasteiger partial charge in [0.25, 0.3) is 5.56 Å². The van der Waals surface area contributed by atoms with Crippen molar-refractivity contribution in [2.75, 3.05) is 32.8 Å². The molecule has 0 bridgehead atoms. The van der Waals surface area contributed by atoms with Crippen LogP contribution >= 0.6 is 0 Å². The predicted octanol–water partition coefficient (Wildman–Crippen LogP) is 2.70. The lowest BCUT2D eigenvalue weighted by Crippen LogP contribution is -2.34. The van der Waals surface area contributed by atoms with Crippen LogP contribution < -0.4 is 15.6 Å². The maximum absolute atomic E-state index is 13.6. The van der Waals surface area contributed by atoms with E-state index >= 15 is 0 Å². The molecule has 1 aromatic heterocycles. The lowest BCUT2D eigenvalue weighted by Gasteiger charge is -2.19. The van der Waals surface area contributed by atoms with E-state index in [1.54, 1.807) is 31.2 Å². The molecule has 2 rings (SSSR count). The quantitative estimate of drug-likeness (QED) is 0.446. The molecule has 31 heavy (non-hydrogen) atoms. The molecule has 0 saturated heterocycles. The summed E-state index contributed by atoms with van der Waals surface area (Å²) in [7, 11) is 2.74. The minimum atomic E-state index is -4.88. The van der Waals surface area contributed by atoms with E-state index in [4.69, 9.17) is 9.47 Å². The van der Waals surface area contributed by atoms with Crippen molar-refractivity contribution in [2.45, 2.75) is 32.1 Å². The van der Waals surface area contributed by atoms with Crippen molar-refractivity contribution in [2.24, 2.45) is 0 Å². The van der Waals surface area contributed by atoms with Crippen molar-refractivity contribution >= 4 is 11.7 Å². The molecule has 11 heteroatoms. The number of ether oxygens (including phenoxy) is 3. The second kappa shape index (κ2) is 10.8. The third kappa shape index (κ3) is 6.99. The van der Waals surface area contributed by atoms with E-state index in [2.05, 4.69) is 15.2 Å². The van der Waals surface area contributed by atoms with Crippen LogP contribution in [0.25, 0.3) is 0 Å². The fourth-order valence-corrected chi connectivity index (χ4v) is 2.71. The van der Waals surface area contributed by atoms with Gasteiger partial charge in [0, 0.05) is 6.04 Å².